The summed E-state index contributed by atoms with van der Waals surface area (Å²) in [5.74, 6) is 0. The molecule has 0 saturated carbocycles. The molecule has 0 aromatic rings. The van der Waals surface area contributed by atoms with Crippen LogP contribution < -0.4 is 0 Å². The molecular formula is C44H82N2O2. The Bertz CT molecular complexity index is 785. The molecule has 0 fully saturated rings. The molecule has 0 saturated heterocycles. The minimum atomic E-state index is -0.121. The molecule has 0 N–H and O–H groups in total. The molecule has 0 aliphatic heterocycles. The molecule has 0 spiro atoms. The Labute approximate surface area is 300 Å². The maximum atomic E-state index is 13.0. The molecule has 1 atom stereocenters. The number of rotatable bonds is 35. The zero-order valence-corrected chi connectivity index (χ0v) is 32.9. The van der Waals surface area contributed by atoms with Gasteiger partial charge in [0, 0.05) is 19.6 Å². The van der Waals surface area contributed by atoms with Gasteiger partial charge in [0.25, 0.3) is 0 Å². The molecular weight excluding hydrogens is 588 g/mol. The van der Waals surface area contributed by atoms with Gasteiger partial charge in [0.1, 0.15) is 6.10 Å². The molecule has 1 unspecified atom stereocenters. The average Bonchev–Trinajstić information content (AvgIpc) is 3.07. The van der Waals surface area contributed by atoms with Crippen LogP contribution in [-0.2, 0) is 4.74 Å². The summed E-state index contributed by atoms with van der Waals surface area (Å²) in [7, 11) is 4.11. The van der Waals surface area contributed by atoms with Crippen LogP contribution in [0.2, 0.25) is 0 Å². The van der Waals surface area contributed by atoms with Gasteiger partial charge in [-0.15, -0.1) is 0 Å². The predicted octanol–water partition coefficient (Wildman–Crippen LogP) is 13.8. The number of hydrogen-bond acceptors (Lipinski definition) is 3. The Balaban J connectivity index is 4.22. The lowest BCUT2D eigenvalue weighted by Crippen LogP contribution is -2.38. The Morgan fingerprint density at radius 1 is 0.500 bits per heavy atom. The first-order valence-electron chi connectivity index (χ1n) is 20.7. The molecule has 0 aromatic heterocycles. The molecule has 4 nitrogen and oxygen atoms in total. The largest absolute Gasteiger partial charge is 0.446 e. The van der Waals surface area contributed by atoms with E-state index < -0.39 is 0 Å². The lowest BCUT2D eigenvalue weighted by atomic mass is 10.0. The van der Waals surface area contributed by atoms with Gasteiger partial charge in [-0.1, -0.05) is 140 Å². The van der Waals surface area contributed by atoms with E-state index in [1.165, 1.54) is 128 Å². The number of nitrogens with zero attached hydrogens (tertiary/aromatic N) is 2. The first kappa shape index (κ1) is 46.2. The van der Waals surface area contributed by atoms with Crippen molar-refractivity contribution in [3.8, 4) is 0 Å². The molecule has 0 heterocycles. The number of unbranched alkanes of at least 4 members (excludes halogenated alkanes) is 18. The number of ether oxygens (including phenoxy) is 1. The molecule has 1 amide bonds. The van der Waals surface area contributed by atoms with Crippen LogP contribution in [0.25, 0.3) is 0 Å². The minimum Gasteiger partial charge on any atom is -0.446 e. The maximum absolute atomic E-state index is 13.0. The van der Waals surface area contributed by atoms with E-state index in [0.717, 1.165) is 51.6 Å². The van der Waals surface area contributed by atoms with E-state index >= 15 is 0 Å². The molecule has 0 aliphatic carbocycles. The highest BCUT2D eigenvalue weighted by Gasteiger charge is 2.19. The Hall–Kier alpha value is -1.81. The number of carbonyl (C=O) groups is 1. The van der Waals surface area contributed by atoms with Crippen molar-refractivity contribution in [2.75, 3.05) is 33.7 Å². The summed E-state index contributed by atoms with van der Waals surface area (Å²) in [5, 5.41) is 0. The van der Waals surface area contributed by atoms with Crippen molar-refractivity contribution < 1.29 is 9.53 Å². The third kappa shape index (κ3) is 34.1. The van der Waals surface area contributed by atoms with Crippen LogP contribution >= 0.6 is 0 Å². The van der Waals surface area contributed by atoms with Gasteiger partial charge in [0.05, 0.1) is 0 Å². The van der Waals surface area contributed by atoms with Gasteiger partial charge in [-0.2, -0.15) is 0 Å². The van der Waals surface area contributed by atoms with Crippen molar-refractivity contribution >= 4 is 6.09 Å². The quantitative estimate of drug-likeness (QED) is 0.0497. The SMILES string of the molecule is CCCCCC=CCC=CCCCCCCCCCC(CCCCCCCC=CCC=CCCCCC)OC(=O)N(CC)CCN(C)C. The molecule has 0 aromatic carbocycles. The molecule has 48 heavy (non-hydrogen) atoms. The van der Waals surface area contributed by atoms with E-state index in [-0.39, 0.29) is 12.2 Å². The fourth-order valence-corrected chi connectivity index (χ4v) is 5.90. The van der Waals surface area contributed by atoms with Gasteiger partial charge >= 0.3 is 6.09 Å². The molecule has 280 valence electrons. The summed E-state index contributed by atoms with van der Waals surface area (Å²) in [6.07, 6.45) is 50.9. The standard InChI is InChI=1S/C44H82N2O2/c1-6-9-11-13-15-17-19-21-23-24-26-28-30-32-34-36-38-40-43(48-44(47)46(8-3)42-41-45(4)5)39-37-35-33-31-29-27-25-22-20-18-16-14-12-10-7-2/h15-18,21-23,25,43H,6-14,19-20,24,26-42H2,1-5H3. The van der Waals surface area contributed by atoms with Gasteiger partial charge in [-0.25, -0.2) is 4.79 Å². The highest BCUT2D eigenvalue weighted by molar-refractivity contribution is 5.67. The number of likely N-dealkylation sites (N-methyl/N-ethyl adjacent to an activating group) is 2. The van der Waals surface area contributed by atoms with Crippen LogP contribution in [0.5, 0.6) is 0 Å². The molecule has 0 radical (unpaired) electrons. The molecule has 0 rings (SSSR count). The summed E-state index contributed by atoms with van der Waals surface area (Å²) >= 11 is 0. The van der Waals surface area contributed by atoms with E-state index in [0.29, 0.717) is 6.54 Å². The van der Waals surface area contributed by atoms with Crippen LogP contribution in [-0.4, -0.2) is 55.7 Å². The van der Waals surface area contributed by atoms with Crippen molar-refractivity contribution in [3.63, 3.8) is 0 Å². The number of allylic oxidation sites excluding steroid dienone is 8. The van der Waals surface area contributed by atoms with E-state index in [2.05, 4.69) is 88.4 Å². The van der Waals surface area contributed by atoms with E-state index in [4.69, 9.17) is 4.74 Å². The zero-order valence-electron chi connectivity index (χ0n) is 32.9. The van der Waals surface area contributed by atoms with Crippen molar-refractivity contribution in [1.82, 2.24) is 9.80 Å². The summed E-state index contributed by atoms with van der Waals surface area (Å²) in [4.78, 5) is 17.0. The molecule has 4 heteroatoms. The number of hydrogen-bond donors (Lipinski definition) is 0. The van der Waals surface area contributed by atoms with Crippen LogP contribution in [0.15, 0.2) is 48.6 Å². The van der Waals surface area contributed by atoms with Gasteiger partial charge in [-0.3, -0.25) is 0 Å². The first-order valence-corrected chi connectivity index (χ1v) is 20.7. The first-order chi connectivity index (χ1) is 23.5. The van der Waals surface area contributed by atoms with Gasteiger partial charge in [0.2, 0.25) is 0 Å². The fraction of sp³-hybridized carbons (Fsp3) is 0.795. The lowest BCUT2D eigenvalue weighted by molar-refractivity contribution is 0.0524. The summed E-state index contributed by atoms with van der Waals surface area (Å²) in [6, 6.07) is 0. The number of amides is 1. The van der Waals surface area contributed by atoms with Gasteiger partial charge < -0.3 is 14.5 Å². The second-order valence-corrected chi connectivity index (χ2v) is 14.1. The summed E-state index contributed by atoms with van der Waals surface area (Å²) in [5.41, 5.74) is 0. The third-order valence-electron chi connectivity index (χ3n) is 9.18. The Morgan fingerprint density at radius 3 is 1.25 bits per heavy atom. The lowest BCUT2D eigenvalue weighted by Gasteiger charge is -2.26. The van der Waals surface area contributed by atoms with Crippen LogP contribution in [0.4, 0.5) is 4.79 Å². The summed E-state index contributed by atoms with van der Waals surface area (Å²) in [6.45, 7) is 8.87. The second kappa shape index (κ2) is 38.0. The van der Waals surface area contributed by atoms with E-state index in [1.54, 1.807) is 0 Å². The van der Waals surface area contributed by atoms with Gasteiger partial charge in [-0.05, 0) is 111 Å². The Morgan fingerprint density at radius 2 is 0.875 bits per heavy atom. The molecule has 0 bridgehead atoms. The summed E-state index contributed by atoms with van der Waals surface area (Å²) < 4.78 is 6.13. The second-order valence-electron chi connectivity index (χ2n) is 14.1. The third-order valence-corrected chi connectivity index (χ3v) is 9.18. The van der Waals surface area contributed by atoms with E-state index in [9.17, 15) is 4.79 Å². The highest BCUT2D eigenvalue weighted by atomic mass is 16.6. The smallest absolute Gasteiger partial charge is 0.410 e. The van der Waals surface area contributed by atoms with E-state index in [1.807, 2.05) is 4.90 Å². The molecule has 0 aliphatic rings. The Kier molecular flexibility index (Phi) is 36.6. The predicted molar refractivity (Wildman–Crippen MR) is 214 cm³/mol. The van der Waals surface area contributed by atoms with Crippen LogP contribution in [0.1, 0.15) is 188 Å². The minimum absolute atomic E-state index is 0.0573. The van der Waals surface area contributed by atoms with Crippen molar-refractivity contribution in [1.29, 1.82) is 0 Å². The van der Waals surface area contributed by atoms with Crippen molar-refractivity contribution in [2.45, 2.75) is 194 Å². The zero-order chi connectivity index (χ0) is 35.2. The monoisotopic (exact) mass is 671 g/mol. The highest BCUT2D eigenvalue weighted by Crippen LogP contribution is 2.18. The maximum Gasteiger partial charge on any atom is 0.410 e. The van der Waals surface area contributed by atoms with Crippen LogP contribution in [0, 0.1) is 0 Å². The van der Waals surface area contributed by atoms with Crippen molar-refractivity contribution in [3.05, 3.63) is 48.6 Å². The topological polar surface area (TPSA) is 32.8 Å². The average molecular weight is 671 g/mol. The van der Waals surface area contributed by atoms with Crippen LogP contribution in [0.3, 0.4) is 0 Å². The fourth-order valence-electron chi connectivity index (χ4n) is 5.90. The normalized spacial score (nSPS) is 12.9. The number of carbonyl (C=O) groups excluding carboxylic acids is 1. The van der Waals surface area contributed by atoms with Gasteiger partial charge in [0.15, 0.2) is 0 Å². The van der Waals surface area contributed by atoms with Crippen molar-refractivity contribution in [2.24, 2.45) is 0 Å².